The first-order valence-corrected chi connectivity index (χ1v) is 10.0. The summed E-state index contributed by atoms with van der Waals surface area (Å²) in [7, 11) is 1.85. The summed E-state index contributed by atoms with van der Waals surface area (Å²) in [5.41, 5.74) is 1.88. The minimum absolute atomic E-state index is 0.0474. The number of anilines is 1. The van der Waals surface area contributed by atoms with E-state index < -0.39 is 5.97 Å². The summed E-state index contributed by atoms with van der Waals surface area (Å²) in [6, 6.07) is 8.14. The summed E-state index contributed by atoms with van der Waals surface area (Å²) in [6.07, 6.45) is 3.74. The van der Waals surface area contributed by atoms with E-state index in [1.54, 1.807) is 0 Å². The molecule has 1 N–H and O–H groups in total. The molecule has 27 heavy (non-hydrogen) atoms. The summed E-state index contributed by atoms with van der Waals surface area (Å²) in [5, 5.41) is 8.98. The first kappa shape index (κ1) is 21.2. The smallest absolute Gasteiger partial charge is 0.317 e. The molecule has 0 saturated carbocycles. The minimum Gasteiger partial charge on any atom is -0.480 e. The topological polar surface area (TPSA) is 64.1 Å². The second kappa shape index (κ2) is 10.3. The number of likely N-dealkylation sites (N-methyl/N-ethyl adjacent to an activating group) is 1. The van der Waals surface area contributed by atoms with Crippen LogP contribution in [-0.2, 0) is 4.79 Å². The lowest BCUT2D eigenvalue weighted by Gasteiger charge is -2.26. The summed E-state index contributed by atoms with van der Waals surface area (Å²) < 4.78 is 0. The SMILES string of the molecule is CCCN(CC)c1ccc(C(=O)N2CCCC(N(C)CC(=O)O)CC2)cc1. The van der Waals surface area contributed by atoms with Crippen LogP contribution in [0, 0.1) is 0 Å². The number of likely N-dealkylation sites (tertiary alicyclic amines) is 1. The second-order valence-corrected chi connectivity index (χ2v) is 7.31. The van der Waals surface area contributed by atoms with Crippen LogP contribution in [0.4, 0.5) is 5.69 Å². The zero-order valence-electron chi connectivity index (χ0n) is 16.9. The van der Waals surface area contributed by atoms with E-state index in [9.17, 15) is 9.59 Å². The number of rotatable bonds is 8. The van der Waals surface area contributed by atoms with Crippen molar-refractivity contribution in [1.29, 1.82) is 0 Å². The Bertz CT molecular complexity index is 618. The number of hydrogen-bond acceptors (Lipinski definition) is 4. The van der Waals surface area contributed by atoms with Crippen LogP contribution in [0.15, 0.2) is 24.3 Å². The van der Waals surface area contributed by atoms with E-state index in [-0.39, 0.29) is 18.5 Å². The summed E-state index contributed by atoms with van der Waals surface area (Å²) in [4.78, 5) is 29.9. The molecule has 1 aromatic rings. The van der Waals surface area contributed by atoms with Crippen molar-refractivity contribution in [2.45, 2.75) is 45.6 Å². The van der Waals surface area contributed by atoms with Gasteiger partial charge < -0.3 is 14.9 Å². The largest absolute Gasteiger partial charge is 0.480 e. The van der Waals surface area contributed by atoms with Crippen LogP contribution in [-0.4, -0.2) is 72.6 Å². The normalized spacial score (nSPS) is 17.6. The maximum absolute atomic E-state index is 12.9. The Kier molecular flexibility index (Phi) is 8.10. The Morgan fingerprint density at radius 1 is 1.15 bits per heavy atom. The molecule has 1 saturated heterocycles. The monoisotopic (exact) mass is 375 g/mol. The van der Waals surface area contributed by atoms with Crippen molar-refractivity contribution in [2.75, 3.05) is 44.7 Å². The number of amides is 1. The molecular weight excluding hydrogens is 342 g/mol. The fourth-order valence-electron chi connectivity index (χ4n) is 3.80. The molecule has 6 nitrogen and oxygen atoms in total. The van der Waals surface area contributed by atoms with Gasteiger partial charge in [-0.05, 0) is 63.9 Å². The minimum atomic E-state index is -0.807. The highest BCUT2D eigenvalue weighted by Gasteiger charge is 2.24. The van der Waals surface area contributed by atoms with E-state index in [2.05, 4.69) is 18.7 Å². The molecule has 0 aromatic heterocycles. The predicted octanol–water partition coefficient (Wildman–Crippen LogP) is 2.93. The molecule has 1 aromatic carbocycles. The zero-order valence-corrected chi connectivity index (χ0v) is 16.9. The lowest BCUT2D eigenvalue weighted by atomic mass is 10.1. The van der Waals surface area contributed by atoms with Crippen LogP contribution in [0.1, 0.15) is 49.9 Å². The molecule has 1 heterocycles. The first-order valence-electron chi connectivity index (χ1n) is 10.0. The molecule has 0 spiro atoms. The van der Waals surface area contributed by atoms with Gasteiger partial charge in [0.25, 0.3) is 5.91 Å². The van der Waals surface area contributed by atoms with Crippen LogP contribution < -0.4 is 4.90 Å². The average molecular weight is 376 g/mol. The van der Waals surface area contributed by atoms with Gasteiger partial charge in [-0.25, -0.2) is 0 Å². The Morgan fingerprint density at radius 2 is 1.85 bits per heavy atom. The molecule has 1 amide bonds. The van der Waals surface area contributed by atoms with Crippen molar-refractivity contribution < 1.29 is 14.7 Å². The lowest BCUT2D eigenvalue weighted by molar-refractivity contribution is -0.138. The molecule has 0 bridgehead atoms. The number of nitrogens with zero attached hydrogens (tertiary/aromatic N) is 3. The van der Waals surface area contributed by atoms with Crippen molar-refractivity contribution in [3.05, 3.63) is 29.8 Å². The number of hydrogen-bond donors (Lipinski definition) is 1. The van der Waals surface area contributed by atoms with E-state index in [1.807, 2.05) is 41.1 Å². The molecule has 1 unspecified atom stereocenters. The van der Waals surface area contributed by atoms with E-state index in [1.165, 1.54) is 0 Å². The van der Waals surface area contributed by atoms with Gasteiger partial charge >= 0.3 is 5.97 Å². The molecule has 0 radical (unpaired) electrons. The summed E-state index contributed by atoms with van der Waals surface area (Å²) >= 11 is 0. The van der Waals surface area contributed by atoms with E-state index in [0.29, 0.717) is 6.54 Å². The Hall–Kier alpha value is -2.08. The maximum Gasteiger partial charge on any atom is 0.317 e. The van der Waals surface area contributed by atoms with Gasteiger partial charge in [0, 0.05) is 43.5 Å². The number of carboxylic acids is 1. The highest BCUT2D eigenvalue weighted by molar-refractivity contribution is 5.94. The van der Waals surface area contributed by atoms with E-state index in [0.717, 1.165) is 56.6 Å². The second-order valence-electron chi connectivity index (χ2n) is 7.31. The van der Waals surface area contributed by atoms with Gasteiger partial charge in [-0.1, -0.05) is 6.92 Å². The molecule has 1 aliphatic rings. The van der Waals surface area contributed by atoms with Gasteiger partial charge in [0.05, 0.1) is 6.54 Å². The van der Waals surface area contributed by atoms with Crippen LogP contribution in [0.5, 0.6) is 0 Å². The number of carbonyl (C=O) groups excluding carboxylic acids is 1. The zero-order chi connectivity index (χ0) is 19.8. The van der Waals surface area contributed by atoms with Crippen LogP contribution in [0.3, 0.4) is 0 Å². The number of benzene rings is 1. The van der Waals surface area contributed by atoms with Crippen molar-refractivity contribution in [3.8, 4) is 0 Å². The molecule has 0 aliphatic carbocycles. The van der Waals surface area contributed by atoms with Crippen LogP contribution in [0.25, 0.3) is 0 Å². The molecular formula is C21H33N3O3. The molecule has 6 heteroatoms. The highest BCUT2D eigenvalue weighted by atomic mass is 16.4. The van der Waals surface area contributed by atoms with Gasteiger partial charge in [-0.15, -0.1) is 0 Å². The summed E-state index contributed by atoms with van der Waals surface area (Å²) in [6.45, 7) is 7.73. The quantitative estimate of drug-likeness (QED) is 0.757. The lowest BCUT2D eigenvalue weighted by Crippen LogP contribution is -2.37. The predicted molar refractivity (Wildman–Crippen MR) is 108 cm³/mol. The third kappa shape index (κ3) is 5.96. The fraction of sp³-hybridized carbons (Fsp3) is 0.619. The van der Waals surface area contributed by atoms with Crippen molar-refractivity contribution in [1.82, 2.24) is 9.80 Å². The van der Waals surface area contributed by atoms with Crippen molar-refractivity contribution >= 4 is 17.6 Å². The van der Waals surface area contributed by atoms with Crippen LogP contribution >= 0.6 is 0 Å². The van der Waals surface area contributed by atoms with Gasteiger partial charge in [-0.3, -0.25) is 14.5 Å². The molecule has 1 atom stereocenters. The molecule has 2 rings (SSSR count). The van der Waals surface area contributed by atoms with Crippen LogP contribution in [0.2, 0.25) is 0 Å². The molecule has 150 valence electrons. The average Bonchev–Trinajstić information content (AvgIpc) is 2.91. The van der Waals surface area contributed by atoms with Gasteiger partial charge in [0.1, 0.15) is 0 Å². The van der Waals surface area contributed by atoms with E-state index >= 15 is 0 Å². The Balaban J connectivity index is 1.98. The van der Waals surface area contributed by atoms with Crippen molar-refractivity contribution in [2.24, 2.45) is 0 Å². The summed E-state index contributed by atoms with van der Waals surface area (Å²) in [5.74, 6) is -0.736. The maximum atomic E-state index is 12.9. The molecule has 1 fully saturated rings. The third-order valence-electron chi connectivity index (χ3n) is 5.35. The number of carbonyl (C=O) groups is 2. The van der Waals surface area contributed by atoms with Gasteiger partial charge in [-0.2, -0.15) is 0 Å². The fourth-order valence-corrected chi connectivity index (χ4v) is 3.80. The van der Waals surface area contributed by atoms with Crippen molar-refractivity contribution in [3.63, 3.8) is 0 Å². The Labute approximate surface area is 162 Å². The number of aliphatic carboxylic acids is 1. The first-order chi connectivity index (χ1) is 13.0. The highest BCUT2D eigenvalue weighted by Crippen LogP contribution is 2.20. The van der Waals surface area contributed by atoms with Gasteiger partial charge in [0.15, 0.2) is 0 Å². The Morgan fingerprint density at radius 3 is 2.44 bits per heavy atom. The third-order valence-corrected chi connectivity index (χ3v) is 5.35. The van der Waals surface area contributed by atoms with E-state index in [4.69, 9.17) is 5.11 Å². The molecule has 1 aliphatic heterocycles. The number of carboxylic acid groups (broad SMARTS) is 1. The van der Waals surface area contributed by atoms with Gasteiger partial charge in [0.2, 0.25) is 0 Å². The standard InChI is InChI=1S/C21H33N3O3/c1-4-13-23(5-2)19-10-8-17(9-11-19)21(27)24-14-6-7-18(12-15-24)22(3)16-20(25)26/h8-11,18H,4-7,12-16H2,1-3H3,(H,25,26).